The minimum atomic E-state index is 0.111. The van der Waals surface area contributed by atoms with Gasteiger partial charge in [-0.2, -0.15) is 0 Å². The van der Waals surface area contributed by atoms with E-state index < -0.39 is 0 Å². The molecule has 1 nitrogen and oxygen atoms in total. The second kappa shape index (κ2) is 4.34. The van der Waals surface area contributed by atoms with E-state index in [9.17, 15) is 4.79 Å². The Morgan fingerprint density at radius 1 is 1.33 bits per heavy atom. The average Bonchev–Trinajstić information content (AvgIpc) is 2.13. The first-order valence-electron chi connectivity index (χ1n) is 5.71. The fourth-order valence-electron chi connectivity index (χ4n) is 2.37. The highest BCUT2D eigenvalue weighted by Gasteiger charge is 2.45. The molecule has 0 heterocycles. The number of hydrogen-bond acceptors (Lipinski definition) is 1. The molecule has 0 spiro atoms. The third-order valence-corrected chi connectivity index (χ3v) is 4.00. The van der Waals surface area contributed by atoms with Gasteiger partial charge < -0.3 is 0 Å². The molecule has 84 valence electrons. The quantitative estimate of drug-likeness (QED) is 0.507. The number of ketones is 1. The molecule has 1 aliphatic carbocycles. The summed E-state index contributed by atoms with van der Waals surface area (Å²) in [5, 5.41) is 0. The summed E-state index contributed by atoms with van der Waals surface area (Å²) in [6, 6.07) is 0. The minimum Gasteiger partial charge on any atom is -0.295 e. The lowest BCUT2D eigenvalue weighted by atomic mass is 9.53. The van der Waals surface area contributed by atoms with Crippen LogP contribution in [-0.4, -0.2) is 5.78 Å². The molecule has 1 fully saturated rings. The van der Waals surface area contributed by atoms with Gasteiger partial charge in [0.1, 0.15) is 0 Å². The van der Waals surface area contributed by atoms with E-state index in [-0.39, 0.29) is 5.78 Å². The van der Waals surface area contributed by atoms with Gasteiger partial charge in [-0.05, 0) is 43.6 Å². The Hall–Kier alpha value is -0.850. The van der Waals surface area contributed by atoms with Gasteiger partial charge in [0.15, 0.2) is 5.78 Å². The van der Waals surface area contributed by atoms with Crippen molar-refractivity contribution < 1.29 is 4.79 Å². The monoisotopic (exact) mass is 206 g/mol. The van der Waals surface area contributed by atoms with E-state index in [2.05, 4.69) is 33.8 Å². The van der Waals surface area contributed by atoms with Crippen LogP contribution in [0.3, 0.4) is 0 Å². The van der Waals surface area contributed by atoms with Crippen molar-refractivity contribution in [1.82, 2.24) is 0 Å². The summed E-state index contributed by atoms with van der Waals surface area (Å²) >= 11 is 0. The van der Waals surface area contributed by atoms with Crippen LogP contribution >= 0.6 is 0 Å². The maximum Gasteiger partial charge on any atom is 0.152 e. The van der Waals surface area contributed by atoms with E-state index in [1.807, 2.05) is 6.08 Å². The average molecular weight is 206 g/mol. The normalized spacial score (nSPS) is 30.3. The first-order chi connectivity index (χ1) is 6.85. The van der Waals surface area contributed by atoms with Crippen LogP contribution in [0.15, 0.2) is 23.8 Å². The molecule has 0 N–H and O–H groups in total. The highest BCUT2D eigenvalue weighted by Crippen LogP contribution is 2.53. The summed E-state index contributed by atoms with van der Waals surface area (Å²) in [4.78, 5) is 10.7. The van der Waals surface area contributed by atoms with Crippen molar-refractivity contribution in [3.05, 3.63) is 23.8 Å². The minimum absolute atomic E-state index is 0.111. The fraction of sp³-hybridized carbons (Fsp3) is 0.643. The second-order valence-corrected chi connectivity index (χ2v) is 5.39. The van der Waals surface area contributed by atoms with Gasteiger partial charge in [-0.1, -0.05) is 38.5 Å². The predicted molar refractivity (Wildman–Crippen MR) is 64.6 cm³/mol. The Labute approximate surface area is 93.3 Å². The van der Waals surface area contributed by atoms with E-state index in [1.54, 1.807) is 13.0 Å². The first kappa shape index (κ1) is 12.2. The number of hydrogen-bond donors (Lipinski definition) is 0. The maximum absolute atomic E-state index is 10.7. The number of allylic oxidation sites excluding steroid dienone is 4. The molecule has 0 aromatic heterocycles. The Morgan fingerprint density at radius 3 is 2.33 bits per heavy atom. The van der Waals surface area contributed by atoms with Gasteiger partial charge >= 0.3 is 0 Å². The molecule has 2 atom stereocenters. The number of carbonyl (C=O) groups excluding carboxylic acids is 1. The van der Waals surface area contributed by atoms with Crippen molar-refractivity contribution >= 4 is 5.78 Å². The topological polar surface area (TPSA) is 17.1 Å². The van der Waals surface area contributed by atoms with E-state index in [4.69, 9.17) is 0 Å². The molecule has 0 amide bonds. The van der Waals surface area contributed by atoms with Crippen LogP contribution in [0.25, 0.3) is 0 Å². The van der Waals surface area contributed by atoms with Gasteiger partial charge in [0, 0.05) is 0 Å². The lowest BCUT2D eigenvalue weighted by Crippen LogP contribution is -2.43. The van der Waals surface area contributed by atoms with Gasteiger partial charge in [0.25, 0.3) is 0 Å². The van der Waals surface area contributed by atoms with Crippen molar-refractivity contribution in [1.29, 1.82) is 0 Å². The summed E-state index contributed by atoms with van der Waals surface area (Å²) in [7, 11) is 0. The zero-order valence-electron chi connectivity index (χ0n) is 10.5. The Bertz CT molecular complexity index is 307. The summed E-state index contributed by atoms with van der Waals surface area (Å²) in [5.74, 6) is 1.60. The standard InChI is InChI=1S/C14H22O/c1-10(7-6-8-12(3)15)13-9-11(2)14(13,4)5/h6-8,11,13H,9H2,1-5H3/b8-6+,10-7+. The van der Waals surface area contributed by atoms with Crippen LogP contribution in [0.4, 0.5) is 0 Å². The number of carbonyl (C=O) groups is 1. The largest absolute Gasteiger partial charge is 0.295 e. The lowest BCUT2D eigenvalue weighted by molar-refractivity contribution is -0.112. The van der Waals surface area contributed by atoms with Gasteiger partial charge in [0.2, 0.25) is 0 Å². The molecule has 0 aromatic rings. The van der Waals surface area contributed by atoms with Crippen LogP contribution in [0.2, 0.25) is 0 Å². The zero-order valence-corrected chi connectivity index (χ0v) is 10.5. The van der Waals surface area contributed by atoms with Crippen LogP contribution in [0, 0.1) is 17.3 Å². The molecule has 0 bridgehead atoms. The SMILES string of the molecule is CC(=O)/C=C/C=C(\C)C1CC(C)C1(C)C. The highest BCUT2D eigenvalue weighted by molar-refractivity contribution is 5.87. The van der Waals surface area contributed by atoms with Crippen LogP contribution in [-0.2, 0) is 4.79 Å². The molecular formula is C14H22O. The summed E-state index contributed by atoms with van der Waals surface area (Å²) < 4.78 is 0. The fourth-order valence-corrected chi connectivity index (χ4v) is 2.37. The first-order valence-corrected chi connectivity index (χ1v) is 5.71. The molecule has 0 radical (unpaired) electrons. The van der Waals surface area contributed by atoms with E-state index in [1.165, 1.54) is 12.0 Å². The molecule has 1 saturated carbocycles. The molecule has 1 rings (SSSR count). The highest BCUT2D eigenvalue weighted by atomic mass is 16.1. The Balaban J connectivity index is 2.63. The lowest BCUT2D eigenvalue weighted by Gasteiger charge is -2.51. The van der Waals surface area contributed by atoms with Crippen molar-refractivity contribution in [2.24, 2.45) is 17.3 Å². The third kappa shape index (κ3) is 2.58. The molecular weight excluding hydrogens is 184 g/mol. The van der Waals surface area contributed by atoms with Crippen LogP contribution in [0.1, 0.15) is 41.0 Å². The van der Waals surface area contributed by atoms with E-state index >= 15 is 0 Å². The van der Waals surface area contributed by atoms with Crippen molar-refractivity contribution in [3.63, 3.8) is 0 Å². The molecule has 2 unspecified atom stereocenters. The smallest absolute Gasteiger partial charge is 0.152 e. The molecule has 1 aliphatic rings. The van der Waals surface area contributed by atoms with E-state index in [0.717, 1.165) is 5.92 Å². The molecule has 0 saturated heterocycles. The Kier molecular flexibility index (Phi) is 3.54. The summed E-state index contributed by atoms with van der Waals surface area (Å²) in [6.07, 6.45) is 6.86. The predicted octanol–water partition coefficient (Wildman–Crippen LogP) is 3.76. The van der Waals surface area contributed by atoms with Gasteiger partial charge in [0.05, 0.1) is 0 Å². The number of rotatable bonds is 3. The van der Waals surface area contributed by atoms with Crippen molar-refractivity contribution in [2.45, 2.75) is 41.0 Å². The van der Waals surface area contributed by atoms with Gasteiger partial charge in [-0.25, -0.2) is 0 Å². The van der Waals surface area contributed by atoms with Crippen LogP contribution in [0.5, 0.6) is 0 Å². The molecule has 15 heavy (non-hydrogen) atoms. The van der Waals surface area contributed by atoms with Crippen molar-refractivity contribution in [3.8, 4) is 0 Å². The summed E-state index contributed by atoms with van der Waals surface area (Å²) in [5.41, 5.74) is 1.82. The zero-order chi connectivity index (χ0) is 11.6. The second-order valence-electron chi connectivity index (χ2n) is 5.39. The molecule has 0 aromatic carbocycles. The molecule has 0 aliphatic heterocycles. The van der Waals surface area contributed by atoms with Crippen LogP contribution < -0.4 is 0 Å². The Morgan fingerprint density at radius 2 is 1.93 bits per heavy atom. The summed E-state index contributed by atoms with van der Waals surface area (Å²) in [6.45, 7) is 10.7. The van der Waals surface area contributed by atoms with Crippen molar-refractivity contribution in [2.75, 3.05) is 0 Å². The van der Waals surface area contributed by atoms with E-state index in [0.29, 0.717) is 11.3 Å². The van der Waals surface area contributed by atoms with Gasteiger partial charge in [-0.15, -0.1) is 0 Å². The maximum atomic E-state index is 10.7. The molecule has 1 heteroatoms. The van der Waals surface area contributed by atoms with Gasteiger partial charge in [-0.3, -0.25) is 4.79 Å². The third-order valence-electron chi connectivity index (χ3n) is 4.00.